The van der Waals surface area contributed by atoms with E-state index in [0.29, 0.717) is 5.82 Å². The van der Waals surface area contributed by atoms with Crippen LogP contribution >= 0.6 is 0 Å². The lowest BCUT2D eigenvalue weighted by atomic mass is 10.1. The molecule has 2 rings (SSSR count). The van der Waals surface area contributed by atoms with Crippen LogP contribution in [0.25, 0.3) is 10.9 Å². The number of aryl methyl sites for hydroxylation is 1. The van der Waals surface area contributed by atoms with E-state index in [1.807, 2.05) is 25.1 Å². The Morgan fingerprint density at radius 1 is 1.29 bits per heavy atom. The first kappa shape index (κ1) is 18.1. The third kappa shape index (κ3) is 4.64. The van der Waals surface area contributed by atoms with Crippen LogP contribution in [-0.2, 0) is 14.6 Å². The summed E-state index contributed by atoms with van der Waals surface area (Å²) in [6.45, 7) is 5.36. The van der Waals surface area contributed by atoms with Crippen molar-refractivity contribution < 1.29 is 13.2 Å². The highest BCUT2D eigenvalue weighted by atomic mass is 32.2. The van der Waals surface area contributed by atoms with Gasteiger partial charge in [-0.2, -0.15) is 0 Å². The van der Waals surface area contributed by atoms with Crippen LogP contribution in [0, 0.1) is 6.92 Å². The number of sulfone groups is 1. The first-order valence-electron chi connectivity index (χ1n) is 7.78. The van der Waals surface area contributed by atoms with Crippen molar-refractivity contribution in [3.05, 3.63) is 30.1 Å². The quantitative estimate of drug-likeness (QED) is 0.780. The van der Waals surface area contributed by atoms with Gasteiger partial charge in [-0.3, -0.25) is 4.79 Å². The van der Waals surface area contributed by atoms with Crippen LogP contribution in [0.5, 0.6) is 0 Å². The Hall–Kier alpha value is -2.22. The molecule has 0 aliphatic heterocycles. The molecule has 0 aliphatic rings. The van der Waals surface area contributed by atoms with Gasteiger partial charge in [0.15, 0.2) is 9.84 Å². The minimum atomic E-state index is -3.09. The molecule has 0 fully saturated rings. The number of carbonyl (C=O) groups excluding carboxylic acids is 1. The fraction of sp³-hybridized carbons (Fsp3) is 0.438. The van der Waals surface area contributed by atoms with E-state index in [2.05, 4.69) is 20.6 Å². The number of anilines is 1. The maximum absolute atomic E-state index is 12.1. The van der Waals surface area contributed by atoms with Gasteiger partial charge in [0, 0.05) is 17.7 Å². The number of rotatable bonds is 7. The number of carbonyl (C=O) groups is 1. The molecule has 1 atom stereocenters. The number of benzene rings is 1. The van der Waals surface area contributed by atoms with Crippen molar-refractivity contribution in [3.8, 4) is 0 Å². The van der Waals surface area contributed by atoms with E-state index in [1.54, 1.807) is 13.8 Å². The molecule has 1 heterocycles. The minimum absolute atomic E-state index is 0.0579. The third-order valence-corrected chi connectivity index (χ3v) is 5.40. The Labute approximate surface area is 141 Å². The Kier molecular flexibility index (Phi) is 5.71. The van der Waals surface area contributed by atoms with Crippen LogP contribution in [0.4, 0.5) is 5.82 Å². The van der Waals surface area contributed by atoms with Gasteiger partial charge in [-0.05, 0) is 26.0 Å². The third-order valence-electron chi connectivity index (χ3n) is 3.69. The van der Waals surface area contributed by atoms with Gasteiger partial charge in [-0.1, -0.05) is 18.6 Å². The van der Waals surface area contributed by atoms with Crippen molar-refractivity contribution in [2.45, 2.75) is 26.8 Å². The normalized spacial score (nSPS) is 12.8. The second kappa shape index (κ2) is 7.57. The average Bonchev–Trinajstić information content (AvgIpc) is 2.55. The number of hydrogen-bond acceptors (Lipinski definition) is 6. The molecule has 7 nitrogen and oxygen atoms in total. The molecule has 24 heavy (non-hydrogen) atoms. The van der Waals surface area contributed by atoms with E-state index in [9.17, 15) is 13.2 Å². The molecule has 1 aromatic carbocycles. The van der Waals surface area contributed by atoms with Gasteiger partial charge in [-0.15, -0.1) is 0 Å². The van der Waals surface area contributed by atoms with E-state index in [1.165, 1.54) is 6.33 Å². The fourth-order valence-electron chi connectivity index (χ4n) is 2.18. The van der Waals surface area contributed by atoms with Gasteiger partial charge in [0.05, 0.1) is 11.3 Å². The zero-order valence-corrected chi connectivity index (χ0v) is 14.9. The molecule has 0 bridgehead atoms. The Bertz CT molecular complexity index is 836. The molecule has 0 saturated carbocycles. The van der Waals surface area contributed by atoms with E-state index in [0.717, 1.165) is 16.5 Å². The van der Waals surface area contributed by atoms with Crippen molar-refractivity contribution in [1.29, 1.82) is 0 Å². The summed E-state index contributed by atoms with van der Waals surface area (Å²) in [7, 11) is -3.09. The van der Waals surface area contributed by atoms with E-state index in [-0.39, 0.29) is 24.0 Å². The van der Waals surface area contributed by atoms with Gasteiger partial charge < -0.3 is 10.6 Å². The molecule has 130 valence electrons. The zero-order chi connectivity index (χ0) is 17.7. The van der Waals surface area contributed by atoms with Crippen molar-refractivity contribution >= 4 is 32.5 Å². The SMILES string of the molecule is CCS(=O)(=O)CCNC(=O)[C@H](C)Nc1ncnc2ccc(C)cc12. The highest BCUT2D eigenvalue weighted by Gasteiger charge is 2.16. The second-order valence-electron chi connectivity index (χ2n) is 5.64. The highest BCUT2D eigenvalue weighted by Crippen LogP contribution is 2.20. The van der Waals surface area contributed by atoms with Crippen molar-refractivity contribution in [3.63, 3.8) is 0 Å². The molecule has 0 radical (unpaired) electrons. The van der Waals surface area contributed by atoms with Crippen LogP contribution < -0.4 is 10.6 Å². The molecule has 1 aromatic heterocycles. The smallest absolute Gasteiger partial charge is 0.242 e. The Morgan fingerprint density at radius 2 is 2.04 bits per heavy atom. The Morgan fingerprint density at radius 3 is 2.75 bits per heavy atom. The fourth-order valence-corrected chi connectivity index (χ4v) is 2.89. The largest absolute Gasteiger partial charge is 0.358 e. The van der Waals surface area contributed by atoms with Crippen LogP contribution in [0.3, 0.4) is 0 Å². The molecule has 2 aromatic rings. The van der Waals surface area contributed by atoms with Crippen LogP contribution in [0.1, 0.15) is 19.4 Å². The molecule has 8 heteroatoms. The van der Waals surface area contributed by atoms with E-state index < -0.39 is 15.9 Å². The summed E-state index contributed by atoms with van der Waals surface area (Å²) in [6.07, 6.45) is 1.44. The zero-order valence-electron chi connectivity index (χ0n) is 14.0. The van der Waals surface area contributed by atoms with Crippen LogP contribution in [0.15, 0.2) is 24.5 Å². The summed E-state index contributed by atoms with van der Waals surface area (Å²) in [5, 5.41) is 6.53. The molecule has 0 spiro atoms. The lowest BCUT2D eigenvalue weighted by Gasteiger charge is -2.16. The summed E-state index contributed by atoms with van der Waals surface area (Å²) in [4.78, 5) is 20.5. The van der Waals surface area contributed by atoms with Crippen LogP contribution in [-0.4, -0.2) is 48.4 Å². The molecule has 0 saturated heterocycles. The summed E-state index contributed by atoms with van der Waals surface area (Å²) < 4.78 is 22.9. The maximum atomic E-state index is 12.1. The standard InChI is InChI=1S/C16H22N4O3S/c1-4-24(22,23)8-7-17-16(21)12(3)20-15-13-9-11(2)5-6-14(13)18-10-19-15/h5-6,9-10,12H,4,7-8H2,1-3H3,(H,17,21)(H,18,19,20)/t12-/m0/s1. The van der Waals surface area contributed by atoms with Crippen LogP contribution in [0.2, 0.25) is 0 Å². The predicted molar refractivity (Wildman–Crippen MR) is 94.7 cm³/mol. The van der Waals surface area contributed by atoms with E-state index >= 15 is 0 Å². The summed E-state index contributed by atoms with van der Waals surface area (Å²) in [5.74, 6) is 0.314. The number of nitrogens with one attached hydrogen (secondary N) is 2. The highest BCUT2D eigenvalue weighted by molar-refractivity contribution is 7.91. The summed E-state index contributed by atoms with van der Waals surface area (Å²) in [5.41, 5.74) is 1.86. The molecule has 2 N–H and O–H groups in total. The van der Waals surface area contributed by atoms with Gasteiger partial charge in [0.2, 0.25) is 5.91 Å². The number of hydrogen-bond donors (Lipinski definition) is 2. The van der Waals surface area contributed by atoms with Crippen molar-refractivity contribution in [2.24, 2.45) is 0 Å². The molecule has 0 unspecified atom stereocenters. The van der Waals surface area contributed by atoms with E-state index in [4.69, 9.17) is 0 Å². The number of fused-ring (bicyclic) bond motifs is 1. The van der Waals surface area contributed by atoms with Crippen molar-refractivity contribution in [1.82, 2.24) is 15.3 Å². The lowest BCUT2D eigenvalue weighted by Crippen LogP contribution is -2.40. The first-order valence-corrected chi connectivity index (χ1v) is 9.60. The Balaban J connectivity index is 2.03. The lowest BCUT2D eigenvalue weighted by molar-refractivity contribution is -0.121. The number of aromatic nitrogens is 2. The molecule has 0 aliphatic carbocycles. The number of amides is 1. The molecule has 1 amide bonds. The average molecular weight is 350 g/mol. The van der Waals surface area contributed by atoms with Gasteiger partial charge >= 0.3 is 0 Å². The summed E-state index contributed by atoms with van der Waals surface area (Å²) in [6, 6.07) is 5.27. The predicted octanol–water partition coefficient (Wildman–Crippen LogP) is 1.29. The summed E-state index contributed by atoms with van der Waals surface area (Å²) >= 11 is 0. The second-order valence-corrected chi connectivity index (χ2v) is 8.11. The first-order chi connectivity index (χ1) is 11.3. The maximum Gasteiger partial charge on any atom is 0.242 e. The van der Waals surface area contributed by atoms with Gasteiger partial charge in [0.25, 0.3) is 0 Å². The topological polar surface area (TPSA) is 101 Å². The van der Waals surface area contributed by atoms with Crippen molar-refractivity contribution in [2.75, 3.05) is 23.4 Å². The van der Waals surface area contributed by atoms with Gasteiger partial charge in [-0.25, -0.2) is 18.4 Å². The monoisotopic (exact) mass is 350 g/mol. The number of nitrogens with zero attached hydrogens (tertiary/aromatic N) is 2. The minimum Gasteiger partial charge on any atom is -0.358 e. The molecular formula is C16H22N4O3S. The molecular weight excluding hydrogens is 328 g/mol. The van der Waals surface area contributed by atoms with Gasteiger partial charge in [0.1, 0.15) is 18.2 Å².